The molecular formula is C115H133N9O10. The molecule has 3 saturated heterocycles. The standard InChI is InChI=1S/C41H47N3O3.C33H39N3O3.C32H37N3O2.C9H10O2/c1-46-41(45)32-16-17-34-37(26-32)44-21-9-20-43-27-36(30-18-22-42(23-19-30)24-25-47-28-29-10-4-2-5-11-29)33-14-8-15-35(39(33)43)40(44)38(34)31-12-6-3-7-13-31;37-19-18-34-16-12-22(13-17-34)28-21-35-14-5-15-36-29-20-24(33(38)39)10-11-26(29)30(23-6-2-1-3-7-23)32(36)27-9-4-8-25(28)31(27)35;1-37-32(36)23-11-12-25-28(19-23)35-18-6-17-34-20-27(21-13-15-33-16-14-21)24-9-5-10-26(30(24)34)31(35)29(25)22-7-3-2-4-8-22;10-6-7-11-8-9-4-2-1-3-5-9/h2,4-5,8,10-11,14-17,26-27,30-31H,3,6-7,9,12-13,18-25,28H2,1H3;4,8-11,20-23,37H,1-3,5-7,12-19H2,(H,38,39);5,9-12,19-22,33H,2-4,6-8,13-18H2,1H3;1-6H,7-8H2. The maximum absolute atomic E-state index is 12.6. The number of likely N-dealkylation sites (tertiary alicyclic amines) is 2. The van der Waals surface area contributed by atoms with Crippen LogP contribution in [0, 0.1) is 0 Å². The second kappa shape index (κ2) is 41.6. The maximum atomic E-state index is 12.6. The monoisotopic (exact) mass is 1800 g/mol. The summed E-state index contributed by atoms with van der Waals surface area (Å²) in [5, 5.41) is 30.9. The van der Waals surface area contributed by atoms with Gasteiger partial charge < -0.3 is 76.5 Å². The number of rotatable bonds is 20. The number of ether oxygens (including phenoxy) is 4. The van der Waals surface area contributed by atoms with E-state index < -0.39 is 5.97 Å². The molecule has 3 saturated carbocycles. The van der Waals surface area contributed by atoms with Gasteiger partial charge >= 0.3 is 17.9 Å². The number of carboxylic acid groups (broad SMARTS) is 1. The van der Waals surface area contributed by atoms with Crippen molar-refractivity contribution in [3.05, 3.63) is 250 Å². The van der Waals surface area contributed by atoms with Crippen molar-refractivity contribution in [2.24, 2.45) is 0 Å². The first-order valence-electron chi connectivity index (χ1n) is 50.7. The fourth-order valence-corrected chi connectivity index (χ4v) is 25.1. The van der Waals surface area contributed by atoms with Crippen molar-refractivity contribution in [3.8, 4) is 33.8 Å². The number of esters is 2. The first-order chi connectivity index (χ1) is 66.0. The van der Waals surface area contributed by atoms with E-state index in [-0.39, 0.29) is 25.2 Å². The van der Waals surface area contributed by atoms with Crippen LogP contribution in [0.2, 0.25) is 0 Å². The highest BCUT2D eigenvalue weighted by molar-refractivity contribution is 6.07. The minimum Gasteiger partial charge on any atom is -0.478 e. The van der Waals surface area contributed by atoms with E-state index in [1.165, 1.54) is 269 Å². The van der Waals surface area contributed by atoms with E-state index in [4.69, 9.17) is 18.9 Å². The number of aliphatic hydroxyl groups is 1. The maximum Gasteiger partial charge on any atom is 0.337 e. The summed E-state index contributed by atoms with van der Waals surface area (Å²) < 4.78 is 36.5. The van der Waals surface area contributed by atoms with Gasteiger partial charge in [-0.2, -0.15) is 0 Å². The third kappa shape index (κ3) is 18.4. The molecule has 3 N–H and O–H groups in total. The van der Waals surface area contributed by atoms with Crippen molar-refractivity contribution in [1.82, 2.24) is 42.5 Å². The Hall–Kier alpha value is -11.2. The van der Waals surface area contributed by atoms with Gasteiger partial charge in [0.25, 0.3) is 0 Å². The van der Waals surface area contributed by atoms with Crippen LogP contribution in [0.5, 0.6) is 0 Å². The largest absolute Gasteiger partial charge is 0.478 e. The molecule has 698 valence electrons. The van der Waals surface area contributed by atoms with Gasteiger partial charge in [0, 0.05) is 137 Å². The number of nitrogens with one attached hydrogen (secondary N) is 1. The highest BCUT2D eigenvalue weighted by Crippen LogP contribution is 2.53. The number of para-hydroxylation sites is 3. The van der Waals surface area contributed by atoms with Gasteiger partial charge in [0.05, 0.1) is 91.0 Å². The number of fused-ring (bicyclic) bond motifs is 12. The zero-order chi connectivity index (χ0) is 91.1. The van der Waals surface area contributed by atoms with Crippen molar-refractivity contribution < 1.29 is 48.3 Å². The molecule has 0 spiro atoms. The predicted molar refractivity (Wildman–Crippen MR) is 537 cm³/mol. The molecule has 0 radical (unpaired) electrons. The topological polar surface area (TPSA) is 194 Å². The number of aryl methyl sites for hydroxylation is 6. The van der Waals surface area contributed by atoms with E-state index in [9.17, 15) is 29.4 Å². The number of hydrogen-bond donors (Lipinski definition) is 3. The Kier molecular flexibility index (Phi) is 28.1. The molecule has 9 aliphatic rings. The van der Waals surface area contributed by atoms with Crippen LogP contribution in [-0.2, 0) is 76.2 Å². The predicted octanol–water partition coefficient (Wildman–Crippen LogP) is 23.9. The molecule has 19 heteroatoms. The average Bonchev–Trinajstić information content (AvgIpc) is 1.57. The number of piperidine rings is 3. The summed E-state index contributed by atoms with van der Waals surface area (Å²) in [5.41, 5.74) is 28.7. The quantitative estimate of drug-likeness (QED) is 0.0371. The molecule has 14 aromatic rings. The molecule has 0 amide bonds. The van der Waals surface area contributed by atoms with Crippen LogP contribution in [0.4, 0.5) is 0 Å². The number of carbonyl (C=O) groups excluding carboxylic acids is 3. The summed E-state index contributed by atoms with van der Waals surface area (Å²) in [6, 6.07) is 59.4. The number of hydrogen-bond acceptors (Lipinski definition) is 12. The fraction of sp³-hybridized carbons (Fsp3) is 0.443. The molecule has 6 fully saturated rings. The number of aldehydes is 1. The zero-order valence-corrected chi connectivity index (χ0v) is 78.6. The Balaban J connectivity index is 0.000000119. The summed E-state index contributed by atoms with van der Waals surface area (Å²) in [6.45, 7) is 16.5. The van der Waals surface area contributed by atoms with Gasteiger partial charge in [0.2, 0.25) is 0 Å². The third-order valence-electron chi connectivity index (χ3n) is 31.5. The Bertz CT molecular complexity index is 6520. The van der Waals surface area contributed by atoms with Crippen LogP contribution >= 0.6 is 0 Å². The first kappa shape index (κ1) is 90.6. The SMILES string of the molecule is COC(=O)c1ccc2c(C3CCCCC3)c3n(c2c1)CCCn1cc(C2CCN(CCOCc4ccccc4)CC2)c2cccc-3c21.COC(=O)c1ccc2c(C3CCCCC3)c3n(c2c1)CCCn1cc(C2CCNCC2)c2cccc-3c21.O=C(O)c1ccc2c(C3CCCCC3)c3n(c2c1)CCCn1cc(C2CCN(CCO)CC2)c2cccc-3c21.O=CCOCc1ccccc1. The molecule has 3 aliphatic carbocycles. The average molecular weight is 1800 g/mol. The van der Waals surface area contributed by atoms with E-state index >= 15 is 0 Å². The van der Waals surface area contributed by atoms with Gasteiger partial charge in [0.1, 0.15) is 12.9 Å². The van der Waals surface area contributed by atoms with Crippen LogP contribution in [0.3, 0.4) is 0 Å². The Labute approximate surface area is 787 Å². The molecule has 23 rings (SSSR count). The summed E-state index contributed by atoms with van der Waals surface area (Å²) in [5.74, 6) is 1.99. The Morgan fingerprint density at radius 2 is 0.739 bits per heavy atom. The summed E-state index contributed by atoms with van der Waals surface area (Å²) in [4.78, 5) is 51.9. The zero-order valence-electron chi connectivity index (χ0n) is 78.6. The number of aromatic nitrogens is 6. The molecular weight excluding hydrogens is 1670 g/mol. The molecule has 19 nitrogen and oxygen atoms in total. The van der Waals surface area contributed by atoms with Gasteiger partial charge in [0.15, 0.2) is 0 Å². The minimum atomic E-state index is -0.858. The highest BCUT2D eigenvalue weighted by Gasteiger charge is 2.37. The van der Waals surface area contributed by atoms with Crippen molar-refractivity contribution in [2.45, 2.75) is 242 Å². The molecule has 8 aromatic carbocycles. The summed E-state index contributed by atoms with van der Waals surface area (Å²) in [7, 11) is 2.94. The van der Waals surface area contributed by atoms with Gasteiger partial charge in [-0.1, -0.05) is 191 Å². The third-order valence-corrected chi connectivity index (χ3v) is 31.5. The lowest BCUT2D eigenvalue weighted by Gasteiger charge is -2.31. The molecule has 134 heavy (non-hydrogen) atoms. The molecule has 12 heterocycles. The lowest BCUT2D eigenvalue weighted by atomic mass is 9.81. The first-order valence-corrected chi connectivity index (χ1v) is 50.7. The van der Waals surface area contributed by atoms with Gasteiger partial charge in [-0.25, -0.2) is 14.4 Å². The Morgan fingerprint density at radius 3 is 1.11 bits per heavy atom. The van der Waals surface area contributed by atoms with Crippen LogP contribution in [0.25, 0.3) is 99.2 Å². The number of aromatic carboxylic acids is 1. The van der Waals surface area contributed by atoms with Crippen molar-refractivity contribution in [3.63, 3.8) is 0 Å². The van der Waals surface area contributed by atoms with Crippen molar-refractivity contribution in [1.29, 1.82) is 0 Å². The lowest BCUT2D eigenvalue weighted by Crippen LogP contribution is -2.35. The van der Waals surface area contributed by atoms with Crippen molar-refractivity contribution in [2.75, 3.05) is 86.4 Å². The second-order valence-electron chi connectivity index (χ2n) is 39.4. The number of aliphatic hydroxyl groups excluding tert-OH is 1. The van der Waals surface area contributed by atoms with Crippen LogP contribution in [0.1, 0.15) is 265 Å². The minimum absolute atomic E-state index is 0.175. The van der Waals surface area contributed by atoms with E-state index in [2.05, 4.69) is 176 Å². The van der Waals surface area contributed by atoms with E-state index in [1.807, 2.05) is 48.5 Å². The molecule has 0 unspecified atom stereocenters. The van der Waals surface area contributed by atoms with Gasteiger partial charge in [-0.15, -0.1) is 0 Å². The highest BCUT2D eigenvalue weighted by atomic mass is 16.5. The molecule has 6 aliphatic heterocycles. The number of carboxylic acids is 1. The summed E-state index contributed by atoms with van der Waals surface area (Å²) >= 11 is 0. The normalized spacial score (nSPS) is 17.9. The number of benzene rings is 8. The Morgan fingerprint density at radius 1 is 0.373 bits per heavy atom. The number of methoxy groups -OCH3 is 2. The number of nitrogens with zero attached hydrogens (tertiary/aromatic N) is 8. The van der Waals surface area contributed by atoms with Gasteiger partial charge in [-0.05, 0) is 252 Å². The smallest absolute Gasteiger partial charge is 0.337 e. The van der Waals surface area contributed by atoms with Crippen molar-refractivity contribution >= 4 is 89.6 Å². The van der Waals surface area contributed by atoms with Crippen LogP contribution < -0.4 is 5.32 Å². The van der Waals surface area contributed by atoms with E-state index in [0.717, 1.165) is 148 Å². The van der Waals surface area contributed by atoms with E-state index in [1.54, 1.807) is 6.07 Å². The molecule has 0 atom stereocenters. The van der Waals surface area contributed by atoms with Gasteiger partial charge in [-0.3, -0.25) is 0 Å². The second-order valence-corrected chi connectivity index (χ2v) is 39.4. The molecule has 0 bridgehead atoms. The van der Waals surface area contributed by atoms with Crippen LogP contribution in [0.15, 0.2) is 188 Å². The lowest BCUT2D eigenvalue weighted by molar-refractivity contribution is -0.112. The number of β-amino-alcohol motifs (C(OH)–C–C–N with tert-alkyl or cyclic N) is 1. The van der Waals surface area contributed by atoms with Crippen LogP contribution in [-0.4, -0.2) is 158 Å². The number of carbonyl (C=O) groups is 4. The fourth-order valence-electron chi connectivity index (χ4n) is 25.1. The summed E-state index contributed by atoms with van der Waals surface area (Å²) in [6.07, 6.45) is 37.5. The van der Waals surface area contributed by atoms with E-state index in [0.29, 0.717) is 65.4 Å². The molecule has 6 aromatic heterocycles.